The van der Waals surface area contributed by atoms with Gasteiger partial charge in [0.25, 0.3) is 5.69 Å². The van der Waals surface area contributed by atoms with Crippen LogP contribution in [0.1, 0.15) is 30.2 Å². The summed E-state index contributed by atoms with van der Waals surface area (Å²) in [5, 5.41) is 25.4. The van der Waals surface area contributed by atoms with Crippen molar-refractivity contribution in [2.24, 2.45) is 0 Å². The summed E-state index contributed by atoms with van der Waals surface area (Å²) in [5.74, 6) is -0.254. The highest BCUT2D eigenvalue weighted by molar-refractivity contribution is 8.00. The van der Waals surface area contributed by atoms with E-state index >= 15 is 0 Å². The van der Waals surface area contributed by atoms with Crippen molar-refractivity contribution >= 4 is 39.8 Å². The van der Waals surface area contributed by atoms with Crippen LogP contribution in [0.15, 0.2) is 40.7 Å². The molecule has 156 valence electrons. The Morgan fingerprint density at radius 2 is 2.19 bits per heavy atom. The number of thiazole rings is 1. The first-order valence-corrected chi connectivity index (χ1v) is 11.3. The van der Waals surface area contributed by atoms with Crippen molar-refractivity contribution in [3.8, 4) is 17.3 Å². The molecule has 0 saturated heterocycles. The van der Waals surface area contributed by atoms with Crippen molar-refractivity contribution in [1.82, 2.24) is 9.97 Å². The van der Waals surface area contributed by atoms with E-state index in [2.05, 4.69) is 21.4 Å². The molecule has 1 aliphatic rings. The second-order valence-corrected chi connectivity index (χ2v) is 9.19. The van der Waals surface area contributed by atoms with Gasteiger partial charge in [-0.15, -0.1) is 11.3 Å². The van der Waals surface area contributed by atoms with E-state index in [4.69, 9.17) is 0 Å². The summed E-state index contributed by atoms with van der Waals surface area (Å²) in [5.41, 5.74) is 3.76. The zero-order valence-corrected chi connectivity index (χ0v) is 18.1. The molecule has 2 aromatic heterocycles. The van der Waals surface area contributed by atoms with Gasteiger partial charge in [0.05, 0.1) is 21.4 Å². The highest BCUT2D eigenvalue weighted by Crippen LogP contribution is 2.31. The molecule has 0 radical (unpaired) electrons. The maximum absolute atomic E-state index is 12.7. The van der Waals surface area contributed by atoms with Gasteiger partial charge in [0, 0.05) is 28.8 Å². The molecule has 4 rings (SSSR count). The summed E-state index contributed by atoms with van der Waals surface area (Å²) in [6.07, 6.45) is 2.87. The maximum atomic E-state index is 12.7. The number of anilines is 1. The molecule has 0 fully saturated rings. The molecule has 1 amide bonds. The van der Waals surface area contributed by atoms with Crippen LogP contribution in [0.5, 0.6) is 0 Å². The molecule has 2 heterocycles. The zero-order valence-electron chi connectivity index (χ0n) is 16.5. The fourth-order valence-electron chi connectivity index (χ4n) is 3.29. The number of hydrogen-bond acceptors (Lipinski definition) is 8. The van der Waals surface area contributed by atoms with E-state index in [1.165, 1.54) is 35.2 Å². The van der Waals surface area contributed by atoms with E-state index < -0.39 is 10.2 Å². The highest BCUT2D eigenvalue weighted by atomic mass is 32.2. The van der Waals surface area contributed by atoms with Crippen LogP contribution >= 0.6 is 23.1 Å². The van der Waals surface area contributed by atoms with E-state index in [0.717, 1.165) is 30.5 Å². The number of thioether (sulfide) groups is 1. The number of carbonyl (C=O) groups excluding carboxylic acids is 1. The van der Waals surface area contributed by atoms with Crippen LogP contribution in [0.2, 0.25) is 0 Å². The molecule has 1 N–H and O–H groups in total. The van der Waals surface area contributed by atoms with Crippen LogP contribution in [0, 0.1) is 21.4 Å². The number of aryl methyl sites for hydroxylation is 2. The molecule has 10 heteroatoms. The van der Waals surface area contributed by atoms with Crippen molar-refractivity contribution in [3.05, 3.63) is 62.6 Å². The SMILES string of the molecule is CC(Sc1nc2c(cc1C#N)CCC2)C(=O)Nc1nc(-c2cccc([N+](=O)[O-])c2)cs1. The van der Waals surface area contributed by atoms with Crippen LogP contribution in [0.4, 0.5) is 10.8 Å². The third-order valence-corrected chi connectivity index (χ3v) is 6.74. The minimum atomic E-state index is -0.482. The Hall–Kier alpha value is -3.29. The normalized spacial score (nSPS) is 13.3. The summed E-state index contributed by atoms with van der Waals surface area (Å²) in [6.45, 7) is 1.76. The Labute approximate surface area is 186 Å². The summed E-state index contributed by atoms with van der Waals surface area (Å²) in [6, 6.07) is 10.3. The predicted octanol–water partition coefficient (Wildman–Crippen LogP) is 4.59. The fourth-order valence-corrected chi connectivity index (χ4v) is 4.91. The monoisotopic (exact) mass is 451 g/mol. The first-order valence-electron chi connectivity index (χ1n) is 9.55. The van der Waals surface area contributed by atoms with E-state index in [1.807, 2.05) is 6.07 Å². The molecule has 8 nitrogen and oxygen atoms in total. The van der Waals surface area contributed by atoms with Gasteiger partial charge in [0.1, 0.15) is 11.1 Å². The van der Waals surface area contributed by atoms with Crippen LogP contribution in [-0.2, 0) is 17.6 Å². The fraction of sp³-hybridized carbons (Fsp3) is 0.238. The van der Waals surface area contributed by atoms with Crippen LogP contribution in [0.25, 0.3) is 11.3 Å². The van der Waals surface area contributed by atoms with Gasteiger partial charge in [0.15, 0.2) is 5.13 Å². The number of carbonyl (C=O) groups is 1. The van der Waals surface area contributed by atoms with Crippen molar-refractivity contribution in [1.29, 1.82) is 5.26 Å². The van der Waals surface area contributed by atoms with Crippen LogP contribution in [0.3, 0.4) is 0 Å². The third kappa shape index (κ3) is 4.57. The standard InChI is InChI=1S/C21H17N5O3S2/c1-12(31-20-15(10-22)8-13-5-3-7-17(13)23-20)19(27)25-21-24-18(11-30-21)14-4-2-6-16(9-14)26(28)29/h2,4,6,8-9,11-12H,3,5,7H2,1H3,(H,24,25,27). The Balaban J connectivity index is 1.45. The lowest BCUT2D eigenvalue weighted by molar-refractivity contribution is -0.384. The number of nitro benzene ring substituents is 1. The predicted molar refractivity (Wildman–Crippen MR) is 119 cm³/mol. The van der Waals surface area contributed by atoms with Gasteiger partial charge in [-0.3, -0.25) is 14.9 Å². The van der Waals surface area contributed by atoms with Gasteiger partial charge < -0.3 is 5.32 Å². The van der Waals surface area contributed by atoms with Crippen molar-refractivity contribution < 1.29 is 9.72 Å². The van der Waals surface area contributed by atoms with Crippen molar-refractivity contribution in [2.75, 3.05) is 5.32 Å². The van der Waals surface area contributed by atoms with Crippen molar-refractivity contribution in [3.63, 3.8) is 0 Å². The molecule has 0 aliphatic heterocycles. The molecular formula is C21H17N5O3S2. The van der Waals surface area contributed by atoms with Gasteiger partial charge >= 0.3 is 0 Å². The van der Waals surface area contributed by atoms with E-state index in [0.29, 0.717) is 27.0 Å². The molecule has 1 atom stereocenters. The topological polar surface area (TPSA) is 122 Å². The first-order chi connectivity index (χ1) is 14.9. The number of nitriles is 1. The molecule has 0 saturated carbocycles. The largest absolute Gasteiger partial charge is 0.301 e. The van der Waals surface area contributed by atoms with E-state index in [-0.39, 0.29) is 11.6 Å². The Bertz CT molecular complexity index is 1220. The van der Waals surface area contributed by atoms with Crippen LogP contribution < -0.4 is 5.32 Å². The summed E-state index contributed by atoms with van der Waals surface area (Å²) in [4.78, 5) is 32.2. The first kappa shape index (κ1) is 21.0. The number of amides is 1. The van der Waals surface area contributed by atoms with Gasteiger partial charge in [0.2, 0.25) is 5.91 Å². The van der Waals surface area contributed by atoms with E-state index in [9.17, 15) is 20.2 Å². The van der Waals surface area contributed by atoms with Gasteiger partial charge in [-0.2, -0.15) is 5.26 Å². The number of pyridine rings is 1. The summed E-state index contributed by atoms with van der Waals surface area (Å²) >= 11 is 2.50. The second kappa shape index (κ2) is 8.83. The maximum Gasteiger partial charge on any atom is 0.270 e. The lowest BCUT2D eigenvalue weighted by Gasteiger charge is -2.12. The number of nitrogens with zero attached hydrogens (tertiary/aromatic N) is 4. The Morgan fingerprint density at radius 1 is 1.35 bits per heavy atom. The number of rotatable bonds is 6. The lowest BCUT2D eigenvalue weighted by atomic mass is 10.1. The van der Waals surface area contributed by atoms with E-state index in [1.54, 1.807) is 24.4 Å². The number of aromatic nitrogens is 2. The third-order valence-electron chi connectivity index (χ3n) is 4.88. The number of non-ortho nitro benzene ring substituents is 1. The molecule has 31 heavy (non-hydrogen) atoms. The summed E-state index contributed by atoms with van der Waals surface area (Å²) < 4.78 is 0. The minimum Gasteiger partial charge on any atom is -0.301 e. The molecular weight excluding hydrogens is 434 g/mol. The number of fused-ring (bicyclic) bond motifs is 1. The van der Waals surface area contributed by atoms with Crippen molar-refractivity contribution in [2.45, 2.75) is 36.5 Å². The average molecular weight is 452 g/mol. The van der Waals surface area contributed by atoms with Crippen LogP contribution in [-0.4, -0.2) is 26.0 Å². The minimum absolute atomic E-state index is 0.0174. The zero-order chi connectivity index (χ0) is 22.0. The Morgan fingerprint density at radius 3 is 2.97 bits per heavy atom. The lowest BCUT2D eigenvalue weighted by Crippen LogP contribution is -2.22. The smallest absolute Gasteiger partial charge is 0.270 e. The number of hydrogen-bond donors (Lipinski definition) is 1. The number of nitro groups is 1. The molecule has 1 aromatic carbocycles. The molecule has 1 unspecified atom stereocenters. The van der Waals surface area contributed by atoms with Gasteiger partial charge in [-0.25, -0.2) is 9.97 Å². The molecule has 1 aliphatic carbocycles. The molecule has 3 aromatic rings. The molecule has 0 bridgehead atoms. The van der Waals surface area contributed by atoms with Gasteiger partial charge in [-0.05, 0) is 37.8 Å². The molecule has 0 spiro atoms. The quantitative estimate of drug-likeness (QED) is 0.330. The number of nitrogens with one attached hydrogen (secondary N) is 1. The Kier molecular flexibility index (Phi) is 5.97. The summed E-state index contributed by atoms with van der Waals surface area (Å²) in [7, 11) is 0. The highest BCUT2D eigenvalue weighted by Gasteiger charge is 2.22. The number of benzene rings is 1. The average Bonchev–Trinajstić information content (AvgIpc) is 3.42. The van der Waals surface area contributed by atoms with Gasteiger partial charge in [-0.1, -0.05) is 23.9 Å². The second-order valence-electron chi connectivity index (χ2n) is 7.01.